The van der Waals surface area contributed by atoms with Crippen LogP contribution in [0.2, 0.25) is 0 Å². The van der Waals surface area contributed by atoms with Gasteiger partial charge in [-0.1, -0.05) is 27.2 Å². The highest BCUT2D eigenvalue weighted by Gasteiger charge is 2.27. The summed E-state index contributed by atoms with van der Waals surface area (Å²) in [4.78, 5) is 12.9. The summed E-state index contributed by atoms with van der Waals surface area (Å²) < 4.78 is 40.8. The number of rotatable bonds is 4. The first-order valence-corrected chi connectivity index (χ1v) is 11.1. The van der Waals surface area contributed by atoms with E-state index < -0.39 is 17.7 Å². The van der Waals surface area contributed by atoms with Crippen molar-refractivity contribution in [1.29, 1.82) is 0 Å². The molecule has 0 spiro atoms. The molecule has 8 heteroatoms. The summed E-state index contributed by atoms with van der Waals surface area (Å²) in [6.07, 6.45) is 4.08. The Hall–Kier alpha value is -3.00. The van der Waals surface area contributed by atoms with Crippen LogP contribution in [-0.2, 0) is 0 Å². The quantitative estimate of drug-likeness (QED) is 0.368. The van der Waals surface area contributed by atoms with Gasteiger partial charge in [0.15, 0.2) is 0 Å². The van der Waals surface area contributed by atoms with Crippen molar-refractivity contribution < 1.29 is 23.1 Å². The van der Waals surface area contributed by atoms with Gasteiger partial charge in [0.2, 0.25) is 0 Å². The normalized spacial score (nSPS) is 12.2. The van der Waals surface area contributed by atoms with Crippen molar-refractivity contribution in [3.05, 3.63) is 59.4 Å². The monoisotopic (exact) mass is 465 g/mol. The number of hydrogen-bond acceptors (Lipinski definition) is 2. The second-order valence-corrected chi connectivity index (χ2v) is 7.15. The Labute approximate surface area is 193 Å². The van der Waals surface area contributed by atoms with E-state index in [4.69, 9.17) is 10.8 Å². The van der Waals surface area contributed by atoms with Crippen LogP contribution in [0.25, 0.3) is 22.2 Å². The van der Waals surface area contributed by atoms with Crippen molar-refractivity contribution in [2.45, 2.75) is 52.4 Å². The zero-order chi connectivity index (χ0) is 25.0. The highest BCUT2D eigenvalue weighted by Crippen LogP contribution is 2.45. The van der Waals surface area contributed by atoms with Crippen LogP contribution in [0.4, 0.5) is 18.0 Å². The lowest BCUT2D eigenvalue weighted by molar-refractivity contribution is 0.249. The summed E-state index contributed by atoms with van der Waals surface area (Å²) in [5.41, 5.74) is 7.56. The van der Waals surface area contributed by atoms with E-state index >= 15 is 0 Å². The number of fused-ring (bicyclic) bond motifs is 1. The zero-order valence-electron chi connectivity index (χ0n) is 19.6. The van der Waals surface area contributed by atoms with Gasteiger partial charge in [0.05, 0.1) is 11.2 Å². The van der Waals surface area contributed by atoms with Crippen molar-refractivity contribution in [3.8, 4) is 11.3 Å². The summed E-state index contributed by atoms with van der Waals surface area (Å²) in [6.45, 7) is 6.64. The Bertz CT molecular complexity index is 1000. The number of urea groups is 1. The van der Waals surface area contributed by atoms with Gasteiger partial charge in [-0.25, -0.2) is 18.0 Å². The first-order chi connectivity index (χ1) is 15.9. The van der Waals surface area contributed by atoms with Crippen molar-refractivity contribution in [2.75, 3.05) is 13.7 Å². The smallest absolute Gasteiger partial charge is 0.312 e. The Morgan fingerprint density at radius 3 is 2.15 bits per heavy atom. The highest BCUT2D eigenvalue weighted by molar-refractivity contribution is 5.92. The molecule has 0 atom stereocenters. The first-order valence-electron chi connectivity index (χ1n) is 11.1. The minimum Gasteiger partial charge on any atom is -0.400 e. The van der Waals surface area contributed by atoms with Gasteiger partial charge < -0.3 is 21.1 Å². The lowest BCUT2D eigenvalue weighted by Crippen LogP contribution is -2.29. The molecular formula is C25H34F3N3O2. The number of primary amides is 1. The van der Waals surface area contributed by atoms with Crippen molar-refractivity contribution >= 4 is 16.9 Å². The maximum absolute atomic E-state index is 14.1. The minimum absolute atomic E-state index is 0.301. The molecule has 1 aromatic heterocycles. The molecule has 0 unspecified atom stereocenters. The molecule has 1 saturated carbocycles. The highest BCUT2D eigenvalue weighted by atomic mass is 19.1. The number of aliphatic hydroxyl groups is 1. The zero-order valence-corrected chi connectivity index (χ0v) is 19.6. The molecule has 4 rings (SSSR count). The van der Waals surface area contributed by atoms with Crippen LogP contribution in [0.3, 0.4) is 0 Å². The van der Waals surface area contributed by atoms with E-state index in [9.17, 15) is 18.0 Å². The van der Waals surface area contributed by atoms with Crippen LogP contribution >= 0.6 is 0 Å². The molecule has 5 nitrogen and oxygen atoms in total. The van der Waals surface area contributed by atoms with E-state index in [2.05, 4.69) is 10.3 Å². The number of carbonyl (C=O) groups excluding carboxylic acids is 1. The maximum Gasteiger partial charge on any atom is 0.312 e. The minimum atomic E-state index is -0.594. The third-order valence-corrected chi connectivity index (χ3v) is 5.06. The SMILES string of the molecule is CC.CCCNC(N)=O.CO.Fc1ccc(-c2[nH]c3c(F)cc(F)cc3c2C2CCC2)cc1. The predicted molar refractivity (Wildman–Crippen MR) is 128 cm³/mol. The van der Waals surface area contributed by atoms with Gasteiger partial charge in [-0.3, -0.25) is 0 Å². The number of aromatic nitrogens is 1. The van der Waals surface area contributed by atoms with Crippen molar-refractivity contribution in [1.82, 2.24) is 10.3 Å². The van der Waals surface area contributed by atoms with E-state index in [1.54, 1.807) is 12.1 Å². The molecule has 1 fully saturated rings. The van der Waals surface area contributed by atoms with Gasteiger partial charge in [-0.2, -0.15) is 0 Å². The third-order valence-electron chi connectivity index (χ3n) is 5.06. The number of nitrogens with two attached hydrogens (primary N) is 1. The van der Waals surface area contributed by atoms with Gasteiger partial charge in [-0.05, 0) is 66.6 Å². The number of halogens is 3. The second-order valence-electron chi connectivity index (χ2n) is 7.15. The molecule has 0 radical (unpaired) electrons. The van der Waals surface area contributed by atoms with Crippen molar-refractivity contribution in [2.24, 2.45) is 5.73 Å². The lowest BCUT2D eigenvalue weighted by Gasteiger charge is -2.26. The van der Waals surface area contributed by atoms with Crippen LogP contribution < -0.4 is 11.1 Å². The molecular weight excluding hydrogens is 431 g/mol. The standard InChI is InChI=1S/C18H14F3N.C4H10N2O.C2H6.CH4O/c19-12-6-4-11(5-7-12)17-16(10-2-1-3-10)14-8-13(20)9-15(21)18(14)22-17;1-2-3-6-4(5)7;2*1-2/h4-10,22H,1-3H2;2-3H2,1H3,(H3,5,6,7);1-2H3;2H,1H3. The van der Waals surface area contributed by atoms with Gasteiger partial charge in [-0.15, -0.1) is 0 Å². The molecule has 3 aromatic rings. The Morgan fingerprint density at radius 2 is 1.70 bits per heavy atom. The average Bonchev–Trinajstić information content (AvgIpc) is 3.14. The third kappa shape index (κ3) is 7.53. The Kier molecular flexibility index (Phi) is 12.1. The summed E-state index contributed by atoms with van der Waals surface area (Å²) in [5, 5.41) is 10.0. The molecule has 2 aromatic carbocycles. The van der Waals surface area contributed by atoms with Gasteiger partial charge in [0.25, 0.3) is 0 Å². The topological polar surface area (TPSA) is 91.1 Å². The fourth-order valence-corrected chi connectivity index (χ4v) is 3.45. The van der Waals surface area contributed by atoms with E-state index in [0.29, 0.717) is 23.4 Å². The summed E-state index contributed by atoms with van der Waals surface area (Å²) in [6, 6.07) is 7.91. The average molecular weight is 466 g/mol. The van der Waals surface area contributed by atoms with E-state index in [1.807, 2.05) is 20.8 Å². The number of aliphatic hydroxyl groups excluding tert-OH is 1. The number of nitrogens with one attached hydrogen (secondary N) is 2. The number of carbonyl (C=O) groups is 1. The predicted octanol–water partition coefficient (Wildman–Crippen LogP) is 6.22. The molecule has 5 N–H and O–H groups in total. The number of aromatic amines is 1. The van der Waals surface area contributed by atoms with E-state index in [0.717, 1.165) is 55.7 Å². The second kappa shape index (κ2) is 14.2. The Balaban J connectivity index is 0.000000424. The molecule has 1 heterocycles. The molecule has 0 bridgehead atoms. The fraction of sp³-hybridized carbons (Fsp3) is 0.400. The fourth-order valence-electron chi connectivity index (χ4n) is 3.45. The van der Waals surface area contributed by atoms with Crippen LogP contribution in [0.5, 0.6) is 0 Å². The molecule has 0 aliphatic heterocycles. The maximum atomic E-state index is 14.1. The number of amides is 2. The summed E-state index contributed by atoms with van der Waals surface area (Å²) in [7, 11) is 1.00. The molecule has 0 saturated heterocycles. The van der Waals surface area contributed by atoms with Crippen LogP contribution in [0.1, 0.15) is 57.9 Å². The van der Waals surface area contributed by atoms with E-state index in [-0.39, 0.29) is 5.82 Å². The summed E-state index contributed by atoms with van der Waals surface area (Å²) >= 11 is 0. The summed E-state index contributed by atoms with van der Waals surface area (Å²) in [5.74, 6) is -1.18. The van der Waals surface area contributed by atoms with Gasteiger partial charge in [0, 0.05) is 25.1 Å². The van der Waals surface area contributed by atoms with Crippen LogP contribution in [-0.4, -0.2) is 29.8 Å². The number of hydrogen-bond donors (Lipinski definition) is 4. The lowest BCUT2D eigenvalue weighted by atomic mass is 9.78. The molecule has 1 aliphatic carbocycles. The number of benzene rings is 2. The van der Waals surface area contributed by atoms with Gasteiger partial charge >= 0.3 is 6.03 Å². The largest absolute Gasteiger partial charge is 0.400 e. The van der Waals surface area contributed by atoms with Crippen LogP contribution in [0.15, 0.2) is 36.4 Å². The molecule has 2 amide bonds. The van der Waals surface area contributed by atoms with Crippen LogP contribution in [0, 0.1) is 17.5 Å². The Morgan fingerprint density at radius 1 is 1.09 bits per heavy atom. The first kappa shape index (κ1) is 28.0. The molecule has 182 valence electrons. The number of H-pyrrole nitrogens is 1. The molecule has 33 heavy (non-hydrogen) atoms. The van der Waals surface area contributed by atoms with E-state index in [1.165, 1.54) is 18.2 Å². The molecule has 1 aliphatic rings. The van der Waals surface area contributed by atoms with Crippen molar-refractivity contribution in [3.63, 3.8) is 0 Å². The van der Waals surface area contributed by atoms with Gasteiger partial charge in [0.1, 0.15) is 17.5 Å².